The molecular formula is C8H10N4OS. The number of hydrogen-bond acceptors (Lipinski definition) is 5. The van der Waals surface area contributed by atoms with E-state index in [9.17, 15) is 4.79 Å². The molecule has 1 saturated heterocycles. The van der Waals surface area contributed by atoms with Crippen LogP contribution in [0.1, 0.15) is 0 Å². The highest BCUT2D eigenvalue weighted by Crippen LogP contribution is 2.10. The Hall–Kier alpha value is -1.14. The molecule has 2 N–H and O–H groups in total. The molecule has 5 nitrogen and oxygen atoms in total. The monoisotopic (exact) mass is 210 g/mol. The predicted octanol–water partition coefficient (Wildman–Crippen LogP) is 0.0776. The van der Waals surface area contributed by atoms with E-state index in [1.54, 1.807) is 24.2 Å². The first-order valence-corrected chi connectivity index (χ1v) is 5.40. The maximum absolute atomic E-state index is 11.6. The van der Waals surface area contributed by atoms with Gasteiger partial charge in [0.05, 0.1) is 12.2 Å². The van der Waals surface area contributed by atoms with Crippen LogP contribution in [0.4, 0.5) is 5.82 Å². The van der Waals surface area contributed by atoms with Crippen molar-refractivity contribution < 1.29 is 4.79 Å². The molecule has 0 radical (unpaired) electrons. The van der Waals surface area contributed by atoms with Crippen molar-refractivity contribution in [3.8, 4) is 0 Å². The fourth-order valence-electron chi connectivity index (χ4n) is 1.14. The molecule has 0 saturated carbocycles. The van der Waals surface area contributed by atoms with Crippen LogP contribution in [0, 0.1) is 0 Å². The Kier molecular flexibility index (Phi) is 2.95. The normalized spacial score (nSPS) is 20.7. The van der Waals surface area contributed by atoms with Crippen LogP contribution in [-0.2, 0) is 4.79 Å². The third-order valence-electron chi connectivity index (χ3n) is 1.85. The molecule has 1 aromatic heterocycles. The van der Waals surface area contributed by atoms with E-state index in [1.807, 2.05) is 0 Å². The van der Waals surface area contributed by atoms with Gasteiger partial charge in [0.15, 0.2) is 5.82 Å². The molecule has 0 aromatic carbocycles. The molecule has 0 spiro atoms. The average molecular weight is 210 g/mol. The van der Waals surface area contributed by atoms with Gasteiger partial charge in [-0.2, -0.15) is 0 Å². The van der Waals surface area contributed by atoms with Gasteiger partial charge in [-0.3, -0.25) is 15.1 Å². The first-order valence-electron chi connectivity index (χ1n) is 4.24. The Bertz CT molecular complexity index is 312. The molecule has 1 amide bonds. The maximum atomic E-state index is 11.6. The van der Waals surface area contributed by atoms with Crippen molar-refractivity contribution in [2.75, 3.05) is 16.9 Å². The van der Waals surface area contributed by atoms with Crippen molar-refractivity contribution in [2.24, 2.45) is 0 Å². The van der Waals surface area contributed by atoms with Gasteiger partial charge in [0, 0.05) is 24.0 Å². The third kappa shape index (κ3) is 2.21. The number of carbonyl (C=O) groups is 1. The largest absolute Gasteiger partial charge is 0.308 e. The summed E-state index contributed by atoms with van der Waals surface area (Å²) in [6.07, 6.45) is 4.64. The second kappa shape index (κ2) is 4.39. The lowest BCUT2D eigenvalue weighted by molar-refractivity contribution is -0.117. The summed E-state index contributed by atoms with van der Waals surface area (Å²) >= 11 is 1.71. The Labute approximate surface area is 85.7 Å². The zero-order valence-corrected chi connectivity index (χ0v) is 8.25. The van der Waals surface area contributed by atoms with Gasteiger partial charge in [-0.25, -0.2) is 4.98 Å². The molecule has 1 fully saturated rings. The molecule has 1 aromatic rings. The molecule has 1 aliphatic heterocycles. The highest BCUT2D eigenvalue weighted by Gasteiger charge is 2.22. The summed E-state index contributed by atoms with van der Waals surface area (Å²) in [5.41, 5.74) is 0. The molecule has 1 aliphatic rings. The van der Waals surface area contributed by atoms with E-state index in [2.05, 4.69) is 20.6 Å². The quantitative estimate of drug-likeness (QED) is 0.723. The van der Waals surface area contributed by atoms with Crippen molar-refractivity contribution in [1.29, 1.82) is 0 Å². The van der Waals surface area contributed by atoms with E-state index in [1.165, 1.54) is 6.20 Å². The third-order valence-corrected chi connectivity index (χ3v) is 2.79. The molecule has 1 unspecified atom stereocenters. The van der Waals surface area contributed by atoms with Crippen LogP contribution in [-0.4, -0.2) is 33.5 Å². The fraction of sp³-hybridized carbons (Fsp3) is 0.375. The number of nitrogens with one attached hydrogen (secondary N) is 2. The Balaban J connectivity index is 1.94. The summed E-state index contributed by atoms with van der Waals surface area (Å²) in [6, 6.07) is -0.109. The zero-order valence-electron chi connectivity index (χ0n) is 7.43. The van der Waals surface area contributed by atoms with Crippen molar-refractivity contribution in [3.63, 3.8) is 0 Å². The smallest absolute Gasteiger partial charge is 0.243 e. The van der Waals surface area contributed by atoms with E-state index in [0.29, 0.717) is 5.82 Å². The Morgan fingerprint density at radius 3 is 3.21 bits per heavy atom. The fourth-order valence-corrected chi connectivity index (χ4v) is 2.08. The van der Waals surface area contributed by atoms with E-state index in [0.717, 1.165) is 11.6 Å². The molecule has 2 heterocycles. The predicted molar refractivity (Wildman–Crippen MR) is 54.9 cm³/mol. The van der Waals surface area contributed by atoms with Gasteiger partial charge >= 0.3 is 0 Å². The van der Waals surface area contributed by atoms with Crippen molar-refractivity contribution in [2.45, 2.75) is 6.04 Å². The van der Waals surface area contributed by atoms with Crippen LogP contribution in [0.3, 0.4) is 0 Å². The molecular weight excluding hydrogens is 200 g/mol. The number of nitrogens with zero attached hydrogens (tertiary/aromatic N) is 2. The molecule has 2 rings (SSSR count). The lowest BCUT2D eigenvalue weighted by Gasteiger charge is -2.08. The van der Waals surface area contributed by atoms with Gasteiger partial charge in [0.25, 0.3) is 0 Å². The van der Waals surface area contributed by atoms with Gasteiger partial charge in [0.1, 0.15) is 0 Å². The minimum Gasteiger partial charge on any atom is -0.308 e. The van der Waals surface area contributed by atoms with Crippen molar-refractivity contribution >= 4 is 23.5 Å². The van der Waals surface area contributed by atoms with Gasteiger partial charge in [-0.15, -0.1) is 11.8 Å². The van der Waals surface area contributed by atoms with Crippen LogP contribution in [0.2, 0.25) is 0 Å². The Morgan fingerprint density at radius 2 is 2.57 bits per heavy atom. The first kappa shape index (κ1) is 9.42. The topological polar surface area (TPSA) is 66.9 Å². The summed E-state index contributed by atoms with van der Waals surface area (Å²) in [4.78, 5) is 19.4. The van der Waals surface area contributed by atoms with Gasteiger partial charge < -0.3 is 5.32 Å². The lowest BCUT2D eigenvalue weighted by atomic mass is 10.3. The van der Waals surface area contributed by atoms with E-state index in [-0.39, 0.29) is 11.9 Å². The summed E-state index contributed by atoms with van der Waals surface area (Å²) in [5.74, 6) is 2.09. The molecule has 0 bridgehead atoms. The van der Waals surface area contributed by atoms with E-state index >= 15 is 0 Å². The van der Waals surface area contributed by atoms with Crippen molar-refractivity contribution in [1.82, 2.24) is 15.3 Å². The SMILES string of the molecule is O=C(Nc1cnccn1)C1CSCN1. The minimum atomic E-state index is -0.109. The molecule has 0 aliphatic carbocycles. The number of carbonyl (C=O) groups excluding carboxylic acids is 1. The summed E-state index contributed by atoms with van der Waals surface area (Å²) in [7, 11) is 0. The van der Waals surface area contributed by atoms with Crippen molar-refractivity contribution in [3.05, 3.63) is 18.6 Å². The average Bonchev–Trinajstić information content (AvgIpc) is 2.72. The van der Waals surface area contributed by atoms with Gasteiger partial charge in [-0.1, -0.05) is 0 Å². The number of rotatable bonds is 2. The molecule has 1 atom stereocenters. The van der Waals surface area contributed by atoms with Gasteiger partial charge in [-0.05, 0) is 0 Å². The van der Waals surface area contributed by atoms with Crippen LogP contribution in [0.5, 0.6) is 0 Å². The van der Waals surface area contributed by atoms with Crippen LogP contribution >= 0.6 is 11.8 Å². The lowest BCUT2D eigenvalue weighted by Crippen LogP contribution is -2.37. The standard InChI is InChI=1S/C8H10N4OS/c13-8(6-4-14-5-11-6)12-7-3-9-1-2-10-7/h1-3,6,11H,4-5H2,(H,10,12,13). The molecule has 74 valence electrons. The number of aromatic nitrogens is 2. The highest BCUT2D eigenvalue weighted by molar-refractivity contribution is 7.99. The van der Waals surface area contributed by atoms with Crippen LogP contribution in [0.15, 0.2) is 18.6 Å². The maximum Gasteiger partial charge on any atom is 0.243 e. The summed E-state index contributed by atoms with van der Waals surface area (Å²) < 4.78 is 0. The first-order chi connectivity index (χ1) is 6.86. The van der Waals surface area contributed by atoms with Gasteiger partial charge in [0.2, 0.25) is 5.91 Å². The highest BCUT2D eigenvalue weighted by atomic mass is 32.2. The summed E-state index contributed by atoms with van der Waals surface area (Å²) in [5, 5.41) is 5.77. The van der Waals surface area contributed by atoms with Crippen LogP contribution < -0.4 is 10.6 Å². The number of amides is 1. The van der Waals surface area contributed by atoms with Crippen LogP contribution in [0.25, 0.3) is 0 Å². The second-order valence-corrected chi connectivity index (χ2v) is 3.88. The second-order valence-electron chi connectivity index (χ2n) is 2.85. The summed E-state index contributed by atoms with van der Waals surface area (Å²) in [6.45, 7) is 0. The molecule has 6 heteroatoms. The van der Waals surface area contributed by atoms with E-state index in [4.69, 9.17) is 0 Å². The van der Waals surface area contributed by atoms with E-state index < -0.39 is 0 Å². The minimum absolute atomic E-state index is 0.0458. The Morgan fingerprint density at radius 1 is 1.64 bits per heavy atom. The number of thioether (sulfide) groups is 1. The number of hydrogen-bond donors (Lipinski definition) is 2. The number of anilines is 1. The molecule has 14 heavy (non-hydrogen) atoms. The zero-order chi connectivity index (χ0) is 9.80.